The van der Waals surface area contributed by atoms with Gasteiger partial charge in [0, 0.05) is 48.7 Å². The van der Waals surface area contributed by atoms with Crippen molar-refractivity contribution in [3.05, 3.63) is 0 Å². The van der Waals surface area contributed by atoms with Crippen LogP contribution in [0.5, 0.6) is 0 Å². The van der Waals surface area contributed by atoms with Gasteiger partial charge in [0.25, 0.3) is 0 Å². The summed E-state index contributed by atoms with van der Waals surface area (Å²) in [6.07, 6.45) is -1.21. The van der Waals surface area contributed by atoms with Crippen molar-refractivity contribution in [3.63, 3.8) is 0 Å². The van der Waals surface area contributed by atoms with Crippen LogP contribution in [-0.2, 0) is 57.3 Å². The monoisotopic (exact) mass is 700 g/mol. The third-order valence-electron chi connectivity index (χ3n) is 5.55. The summed E-state index contributed by atoms with van der Waals surface area (Å²) >= 11 is 0. The number of nitrogens with one attached hydrogen (secondary N) is 4. The SMILES string of the molecule is COC(=O)C1CSSC[C@@H](C(=O)OC)NC(=O)CCC(=O)N[C@H](C(=O)OC)CSSCC(C(=O)OC)NC(=O)CCC(=O)N1. The smallest absolute Gasteiger partial charge is 0.329 e. The molecule has 0 aromatic heterocycles. The molecule has 1 fully saturated rings. The van der Waals surface area contributed by atoms with Crippen molar-refractivity contribution in [1.82, 2.24) is 21.3 Å². The first-order valence-electron chi connectivity index (χ1n) is 12.9. The van der Waals surface area contributed by atoms with E-state index in [1.807, 2.05) is 0 Å². The molecule has 4 amide bonds. The van der Waals surface area contributed by atoms with E-state index in [0.29, 0.717) is 0 Å². The van der Waals surface area contributed by atoms with Crippen molar-refractivity contribution in [3.8, 4) is 0 Å². The van der Waals surface area contributed by atoms with Crippen LogP contribution in [0.2, 0.25) is 0 Å². The molecule has 0 aliphatic carbocycles. The van der Waals surface area contributed by atoms with E-state index in [0.717, 1.165) is 71.6 Å². The second-order valence-corrected chi connectivity index (χ2v) is 13.8. The lowest BCUT2D eigenvalue weighted by molar-refractivity contribution is -0.145. The van der Waals surface area contributed by atoms with Crippen LogP contribution in [0.15, 0.2) is 0 Å². The number of esters is 4. The lowest BCUT2D eigenvalue weighted by Gasteiger charge is -2.19. The van der Waals surface area contributed by atoms with Crippen molar-refractivity contribution in [2.24, 2.45) is 0 Å². The third-order valence-corrected chi connectivity index (χ3v) is 10.4. The van der Waals surface area contributed by atoms with Gasteiger partial charge in [-0.2, -0.15) is 0 Å². The number of carbonyl (C=O) groups excluding carboxylic acids is 8. The zero-order valence-corrected chi connectivity index (χ0v) is 27.8. The van der Waals surface area contributed by atoms with Crippen molar-refractivity contribution in [2.75, 3.05) is 51.5 Å². The largest absolute Gasteiger partial charge is 0.467 e. The van der Waals surface area contributed by atoms with Gasteiger partial charge in [-0.3, -0.25) is 19.2 Å². The molecule has 1 saturated heterocycles. The summed E-state index contributed by atoms with van der Waals surface area (Å²) in [7, 11) is 9.03. The Kier molecular flexibility index (Phi) is 19.4. The maximum atomic E-state index is 12.5. The number of ether oxygens (including phenoxy) is 4. The highest BCUT2D eigenvalue weighted by molar-refractivity contribution is 8.77. The lowest BCUT2D eigenvalue weighted by atomic mass is 10.2. The second-order valence-electron chi connectivity index (χ2n) is 8.71. The van der Waals surface area contributed by atoms with E-state index in [1.165, 1.54) is 0 Å². The Morgan fingerprint density at radius 3 is 0.795 bits per heavy atom. The van der Waals surface area contributed by atoms with E-state index in [-0.39, 0.29) is 48.7 Å². The number of carbonyl (C=O) groups is 8. The number of methoxy groups -OCH3 is 4. The Morgan fingerprint density at radius 2 is 0.636 bits per heavy atom. The maximum Gasteiger partial charge on any atom is 0.329 e. The van der Waals surface area contributed by atoms with E-state index in [2.05, 4.69) is 21.3 Å². The number of hydrogen-bond donors (Lipinski definition) is 4. The quantitative estimate of drug-likeness (QED) is 0.156. The molecule has 44 heavy (non-hydrogen) atoms. The molecule has 0 aromatic carbocycles. The molecule has 2 unspecified atom stereocenters. The topological polar surface area (TPSA) is 222 Å². The minimum atomic E-state index is -1.08. The van der Waals surface area contributed by atoms with E-state index in [9.17, 15) is 38.4 Å². The Balaban J connectivity index is 3.08. The Morgan fingerprint density at radius 1 is 0.455 bits per heavy atom. The van der Waals surface area contributed by atoms with Crippen LogP contribution in [0.4, 0.5) is 0 Å². The number of hydrogen-bond acceptors (Lipinski definition) is 16. The molecule has 4 atom stereocenters. The van der Waals surface area contributed by atoms with Crippen molar-refractivity contribution in [2.45, 2.75) is 49.9 Å². The van der Waals surface area contributed by atoms with Crippen molar-refractivity contribution < 1.29 is 57.3 Å². The van der Waals surface area contributed by atoms with Crippen molar-refractivity contribution in [1.29, 1.82) is 0 Å². The molecule has 1 rings (SSSR count). The van der Waals surface area contributed by atoms with Crippen LogP contribution in [0.3, 0.4) is 0 Å². The van der Waals surface area contributed by atoms with Gasteiger partial charge in [0.05, 0.1) is 28.4 Å². The predicted octanol–water partition coefficient (Wildman–Crippen LogP) is -1.05. The van der Waals surface area contributed by atoms with Gasteiger partial charge in [-0.1, -0.05) is 43.2 Å². The Labute approximate surface area is 269 Å². The average molecular weight is 701 g/mol. The molecule has 0 bridgehead atoms. The summed E-state index contributed by atoms with van der Waals surface area (Å²) < 4.78 is 19.0. The minimum absolute atomic E-state index is 0.0257. The van der Waals surface area contributed by atoms with Crippen LogP contribution in [0, 0.1) is 0 Å². The van der Waals surface area contributed by atoms with Crippen LogP contribution >= 0.6 is 43.2 Å². The highest BCUT2D eigenvalue weighted by Gasteiger charge is 2.28. The Hall–Kier alpha value is -2.84. The molecule has 1 heterocycles. The van der Waals surface area contributed by atoms with E-state index in [4.69, 9.17) is 18.9 Å². The number of amides is 4. The van der Waals surface area contributed by atoms with Gasteiger partial charge in [0.2, 0.25) is 23.6 Å². The predicted molar refractivity (Wildman–Crippen MR) is 164 cm³/mol. The number of rotatable bonds is 4. The van der Waals surface area contributed by atoms with Crippen LogP contribution in [0.25, 0.3) is 0 Å². The van der Waals surface area contributed by atoms with E-state index in [1.54, 1.807) is 0 Å². The molecular formula is C24H36N4O12S4. The van der Waals surface area contributed by atoms with Crippen LogP contribution in [-0.4, -0.2) is 123 Å². The molecular weight excluding hydrogens is 665 g/mol. The highest BCUT2D eigenvalue weighted by Crippen LogP contribution is 2.25. The van der Waals surface area contributed by atoms with Gasteiger partial charge in [-0.05, 0) is 0 Å². The fourth-order valence-corrected chi connectivity index (χ4v) is 7.82. The third kappa shape index (κ3) is 15.2. The molecule has 4 N–H and O–H groups in total. The molecule has 1 aliphatic heterocycles. The fourth-order valence-electron chi connectivity index (χ4n) is 3.23. The van der Waals surface area contributed by atoms with Crippen LogP contribution < -0.4 is 21.3 Å². The van der Waals surface area contributed by atoms with Gasteiger partial charge in [-0.15, -0.1) is 0 Å². The fraction of sp³-hybridized carbons (Fsp3) is 0.667. The first kappa shape index (κ1) is 39.2. The van der Waals surface area contributed by atoms with E-state index < -0.39 is 71.7 Å². The summed E-state index contributed by atoms with van der Waals surface area (Å²) in [6, 6.07) is -4.30. The molecule has 0 saturated carbocycles. The molecule has 20 heteroatoms. The van der Waals surface area contributed by atoms with Gasteiger partial charge in [-0.25, -0.2) is 19.2 Å². The maximum absolute atomic E-state index is 12.5. The lowest BCUT2D eigenvalue weighted by Crippen LogP contribution is -2.46. The van der Waals surface area contributed by atoms with Gasteiger partial charge in [0.1, 0.15) is 24.2 Å². The highest BCUT2D eigenvalue weighted by atomic mass is 33.1. The first-order chi connectivity index (χ1) is 20.9. The molecule has 0 radical (unpaired) electrons. The molecule has 1 aliphatic rings. The van der Waals surface area contributed by atoms with Gasteiger partial charge < -0.3 is 40.2 Å². The summed E-state index contributed by atoms with van der Waals surface area (Å²) in [5, 5.41) is 9.98. The normalized spacial score (nSPS) is 24.1. The van der Waals surface area contributed by atoms with Gasteiger partial charge >= 0.3 is 23.9 Å². The molecule has 16 nitrogen and oxygen atoms in total. The second kappa shape index (κ2) is 21.8. The standard InChI is InChI=1S/C24H36N4O12S4/c1-37-21(33)13-9-41-42-10-14(22(34)38-2)26-19(31)7-8-20(32)28-16(24(36)40-4)12-44-43-11-15(23(35)39-3)27-18(30)6-5-17(29)25-13/h13-16H,5-12H2,1-4H3,(H,25,29)(H,26,31)(H,27,30)(H,28,32)/t13-,14?,15-,16?/m0/s1. The minimum Gasteiger partial charge on any atom is -0.467 e. The summed E-state index contributed by atoms with van der Waals surface area (Å²) in [5.74, 6) is -5.31. The molecule has 248 valence electrons. The summed E-state index contributed by atoms with van der Waals surface area (Å²) in [4.78, 5) is 98.9. The van der Waals surface area contributed by atoms with Crippen LogP contribution in [0.1, 0.15) is 25.7 Å². The zero-order chi connectivity index (χ0) is 33.1. The first-order valence-corrected chi connectivity index (χ1v) is 17.9. The van der Waals surface area contributed by atoms with E-state index >= 15 is 0 Å². The summed E-state index contributed by atoms with van der Waals surface area (Å²) in [5.41, 5.74) is 0. The zero-order valence-electron chi connectivity index (χ0n) is 24.5. The molecule has 0 aromatic rings. The van der Waals surface area contributed by atoms with Gasteiger partial charge in [0.15, 0.2) is 0 Å². The molecule has 0 spiro atoms. The van der Waals surface area contributed by atoms with Crippen molar-refractivity contribution >= 4 is 90.7 Å². The Bertz CT molecular complexity index is 891. The summed E-state index contributed by atoms with van der Waals surface area (Å²) in [6.45, 7) is 0. The average Bonchev–Trinajstić information content (AvgIpc) is 3.02.